The number of hydrogen-bond donors (Lipinski definition) is 0. The average Bonchev–Trinajstić information content (AvgIpc) is 3.13. The Kier molecular flexibility index (Phi) is 6.39. The molecule has 0 fully saturated rings. The highest BCUT2D eigenvalue weighted by molar-refractivity contribution is 5.90. The van der Waals surface area contributed by atoms with Crippen LogP contribution in [-0.4, -0.2) is 22.1 Å². The Morgan fingerprint density at radius 1 is 1.00 bits per heavy atom. The van der Waals surface area contributed by atoms with Gasteiger partial charge in [-0.3, -0.25) is 4.79 Å². The number of carbonyl (C=O) groups excluding carboxylic acids is 2. The van der Waals surface area contributed by atoms with E-state index in [0.717, 1.165) is 11.1 Å². The quantitative estimate of drug-likeness (QED) is 0.438. The number of benzene rings is 2. The van der Waals surface area contributed by atoms with Gasteiger partial charge in [-0.2, -0.15) is 4.98 Å². The number of carbonyl (C=O) groups is 2. The molecule has 0 unspecified atom stereocenters. The lowest BCUT2D eigenvalue weighted by Crippen LogP contribution is -2.05. The van der Waals surface area contributed by atoms with Gasteiger partial charge in [0.2, 0.25) is 0 Å². The van der Waals surface area contributed by atoms with Crippen LogP contribution >= 0.6 is 0 Å². The molecule has 29 heavy (non-hydrogen) atoms. The number of esters is 2. The number of aromatic nitrogens is 2. The lowest BCUT2D eigenvalue weighted by molar-refractivity contribution is -0.131. The number of rotatable bonds is 7. The monoisotopic (exact) mass is 394 g/mol. The van der Waals surface area contributed by atoms with Crippen molar-refractivity contribution < 1.29 is 23.6 Å². The van der Waals surface area contributed by atoms with E-state index in [1.807, 2.05) is 24.3 Å². The van der Waals surface area contributed by atoms with E-state index in [2.05, 4.69) is 24.0 Å². The van der Waals surface area contributed by atoms with Gasteiger partial charge < -0.3 is 14.0 Å². The summed E-state index contributed by atoms with van der Waals surface area (Å²) < 4.78 is 15.4. The molecule has 0 amide bonds. The third-order valence-corrected chi connectivity index (χ3v) is 4.00. The molecular weight excluding hydrogens is 372 g/mol. The second-order valence-corrected chi connectivity index (χ2v) is 6.97. The van der Waals surface area contributed by atoms with Gasteiger partial charge >= 0.3 is 11.9 Å². The van der Waals surface area contributed by atoms with Gasteiger partial charge in [-0.15, -0.1) is 0 Å². The topological polar surface area (TPSA) is 91.5 Å². The molecule has 0 N–H and O–H groups in total. The molecule has 0 atom stereocenters. The van der Waals surface area contributed by atoms with Crippen molar-refractivity contribution >= 4 is 11.9 Å². The molecule has 0 aliphatic heterocycles. The Balaban J connectivity index is 1.58. The molecule has 0 saturated carbocycles. The van der Waals surface area contributed by atoms with Gasteiger partial charge in [-0.05, 0) is 41.3 Å². The van der Waals surface area contributed by atoms with Crippen LogP contribution in [0.1, 0.15) is 42.8 Å². The molecule has 0 saturated heterocycles. The smallest absolute Gasteiger partial charge is 0.338 e. The summed E-state index contributed by atoms with van der Waals surface area (Å²) in [6.07, 6.45) is 0.709. The maximum Gasteiger partial charge on any atom is 0.338 e. The first-order chi connectivity index (χ1) is 13.9. The van der Waals surface area contributed by atoms with Crippen LogP contribution in [0.2, 0.25) is 0 Å². The van der Waals surface area contributed by atoms with Crippen molar-refractivity contribution in [2.24, 2.45) is 5.92 Å². The van der Waals surface area contributed by atoms with E-state index in [1.165, 1.54) is 6.92 Å². The minimum absolute atomic E-state index is 0.0662. The molecule has 0 spiro atoms. The van der Waals surface area contributed by atoms with Gasteiger partial charge in [0.1, 0.15) is 5.75 Å². The normalized spacial score (nSPS) is 10.8. The average molecular weight is 394 g/mol. The molecule has 3 aromatic rings. The van der Waals surface area contributed by atoms with Crippen LogP contribution in [0.25, 0.3) is 11.1 Å². The van der Waals surface area contributed by atoms with E-state index < -0.39 is 5.97 Å². The molecule has 7 nitrogen and oxygen atoms in total. The molecule has 150 valence electrons. The molecular formula is C22H22N2O5. The highest BCUT2D eigenvalue weighted by Gasteiger charge is 2.12. The Morgan fingerprint density at radius 2 is 1.62 bits per heavy atom. The van der Waals surface area contributed by atoms with Crippen LogP contribution in [-0.2, 0) is 22.6 Å². The van der Waals surface area contributed by atoms with Crippen molar-refractivity contribution in [3.63, 3.8) is 0 Å². The predicted octanol–water partition coefficient (Wildman–Crippen LogP) is 4.22. The zero-order chi connectivity index (χ0) is 20.8. The van der Waals surface area contributed by atoms with Gasteiger partial charge in [0, 0.05) is 13.3 Å². The van der Waals surface area contributed by atoms with Crippen molar-refractivity contribution in [2.45, 2.75) is 33.8 Å². The van der Waals surface area contributed by atoms with Crippen molar-refractivity contribution in [3.8, 4) is 16.9 Å². The first kappa shape index (κ1) is 20.3. The van der Waals surface area contributed by atoms with Gasteiger partial charge in [0.25, 0.3) is 5.89 Å². The standard InChI is InChI=1S/C22H22N2O5/c1-14(2)12-20-23-21(29-24-20)13-27-22(26)18-6-4-16(5-7-18)17-8-10-19(11-9-17)28-15(3)25/h4-11,14H,12-13H2,1-3H3. The highest BCUT2D eigenvalue weighted by Crippen LogP contribution is 2.23. The molecule has 2 aromatic carbocycles. The SMILES string of the molecule is CC(=O)Oc1ccc(-c2ccc(C(=O)OCc3nc(CC(C)C)no3)cc2)cc1. The summed E-state index contributed by atoms with van der Waals surface area (Å²) in [6, 6.07) is 14.2. The molecule has 0 radical (unpaired) electrons. The second kappa shape index (κ2) is 9.14. The number of ether oxygens (including phenoxy) is 2. The largest absolute Gasteiger partial charge is 0.452 e. The van der Waals surface area contributed by atoms with E-state index in [4.69, 9.17) is 14.0 Å². The van der Waals surface area contributed by atoms with E-state index in [0.29, 0.717) is 29.5 Å². The fraction of sp³-hybridized carbons (Fsp3) is 0.273. The van der Waals surface area contributed by atoms with Crippen LogP contribution < -0.4 is 4.74 Å². The maximum atomic E-state index is 12.2. The summed E-state index contributed by atoms with van der Waals surface area (Å²) in [6.45, 7) is 5.42. The summed E-state index contributed by atoms with van der Waals surface area (Å²) in [5, 5.41) is 3.87. The Labute approximate surface area is 168 Å². The van der Waals surface area contributed by atoms with Gasteiger partial charge in [-0.1, -0.05) is 43.3 Å². The third kappa shape index (κ3) is 5.75. The molecule has 3 rings (SSSR count). The Bertz CT molecular complexity index is 975. The summed E-state index contributed by atoms with van der Waals surface area (Å²) in [5.41, 5.74) is 2.28. The molecule has 0 aliphatic carbocycles. The minimum atomic E-state index is -0.467. The van der Waals surface area contributed by atoms with Gasteiger partial charge in [-0.25, -0.2) is 4.79 Å². The van der Waals surface area contributed by atoms with Crippen LogP contribution in [0.4, 0.5) is 0 Å². The van der Waals surface area contributed by atoms with E-state index >= 15 is 0 Å². The predicted molar refractivity (Wildman–Crippen MR) is 105 cm³/mol. The van der Waals surface area contributed by atoms with Crippen molar-refractivity contribution in [2.75, 3.05) is 0 Å². The molecule has 7 heteroatoms. The lowest BCUT2D eigenvalue weighted by atomic mass is 10.0. The Hall–Kier alpha value is -3.48. The van der Waals surface area contributed by atoms with Crippen molar-refractivity contribution in [1.82, 2.24) is 10.1 Å². The van der Waals surface area contributed by atoms with Crippen molar-refractivity contribution in [1.29, 1.82) is 0 Å². The summed E-state index contributed by atoms with van der Waals surface area (Å²) >= 11 is 0. The summed E-state index contributed by atoms with van der Waals surface area (Å²) in [4.78, 5) is 27.4. The van der Waals surface area contributed by atoms with Crippen LogP contribution in [0.15, 0.2) is 53.1 Å². The van der Waals surface area contributed by atoms with E-state index in [-0.39, 0.29) is 18.5 Å². The molecule has 0 aliphatic rings. The van der Waals surface area contributed by atoms with E-state index in [1.54, 1.807) is 24.3 Å². The van der Waals surface area contributed by atoms with Gasteiger partial charge in [0.15, 0.2) is 12.4 Å². The van der Waals surface area contributed by atoms with E-state index in [9.17, 15) is 9.59 Å². The first-order valence-electron chi connectivity index (χ1n) is 9.28. The molecule has 0 bridgehead atoms. The van der Waals surface area contributed by atoms with Crippen LogP contribution in [0.5, 0.6) is 5.75 Å². The second-order valence-electron chi connectivity index (χ2n) is 6.97. The fourth-order valence-corrected chi connectivity index (χ4v) is 2.69. The summed E-state index contributed by atoms with van der Waals surface area (Å²) in [7, 11) is 0. The third-order valence-electron chi connectivity index (χ3n) is 4.00. The lowest BCUT2D eigenvalue weighted by Gasteiger charge is -2.06. The fourth-order valence-electron chi connectivity index (χ4n) is 2.69. The van der Waals surface area contributed by atoms with Gasteiger partial charge in [0.05, 0.1) is 5.56 Å². The zero-order valence-corrected chi connectivity index (χ0v) is 16.5. The number of hydrogen-bond acceptors (Lipinski definition) is 7. The first-order valence-corrected chi connectivity index (χ1v) is 9.28. The van der Waals surface area contributed by atoms with Crippen LogP contribution in [0.3, 0.4) is 0 Å². The number of nitrogens with zero attached hydrogens (tertiary/aromatic N) is 2. The molecule has 1 heterocycles. The minimum Gasteiger partial charge on any atom is -0.452 e. The Morgan fingerprint density at radius 3 is 2.21 bits per heavy atom. The highest BCUT2D eigenvalue weighted by atomic mass is 16.6. The molecule has 1 aromatic heterocycles. The van der Waals surface area contributed by atoms with Crippen molar-refractivity contribution in [3.05, 3.63) is 65.8 Å². The summed E-state index contributed by atoms with van der Waals surface area (Å²) in [5.74, 6) is 0.953. The maximum absolute atomic E-state index is 12.2. The zero-order valence-electron chi connectivity index (χ0n) is 16.5. The van der Waals surface area contributed by atoms with Crippen LogP contribution in [0, 0.1) is 5.92 Å².